The van der Waals surface area contributed by atoms with Gasteiger partial charge in [-0.1, -0.05) is 6.07 Å². The maximum atomic E-state index is 9.70. The number of aliphatic hydroxyl groups excluding tert-OH is 1. The molecule has 17 heavy (non-hydrogen) atoms. The Morgan fingerprint density at radius 1 is 1.53 bits per heavy atom. The average molecular weight is 299 g/mol. The smallest absolute Gasteiger partial charge is 0.0715 e. The van der Waals surface area contributed by atoms with E-state index in [4.69, 9.17) is 0 Å². The molecule has 0 saturated carbocycles. The van der Waals surface area contributed by atoms with Crippen molar-refractivity contribution in [1.82, 2.24) is 5.32 Å². The second kappa shape index (κ2) is 5.85. The first kappa shape index (κ1) is 12.9. The number of hydrogen-bond acceptors (Lipinski definition) is 3. The molecule has 0 spiro atoms. The van der Waals surface area contributed by atoms with Gasteiger partial charge in [-0.05, 0) is 53.5 Å². The maximum absolute atomic E-state index is 9.70. The van der Waals surface area contributed by atoms with E-state index >= 15 is 0 Å². The van der Waals surface area contributed by atoms with Gasteiger partial charge in [0.25, 0.3) is 0 Å². The molecular formula is C13H19BrN2O. The molecule has 0 aliphatic carbocycles. The summed E-state index contributed by atoms with van der Waals surface area (Å²) in [5.74, 6) is 0. The first-order valence-electron chi connectivity index (χ1n) is 6.06. The number of nitrogens with zero attached hydrogens (tertiary/aromatic N) is 1. The number of rotatable bonds is 3. The molecule has 1 atom stereocenters. The molecule has 1 fully saturated rings. The fourth-order valence-corrected chi connectivity index (χ4v) is 2.97. The van der Waals surface area contributed by atoms with Gasteiger partial charge >= 0.3 is 0 Å². The molecule has 0 bridgehead atoms. The Hall–Kier alpha value is -0.580. The highest BCUT2D eigenvalue weighted by atomic mass is 79.9. The number of halogens is 1. The summed E-state index contributed by atoms with van der Waals surface area (Å²) >= 11 is 3.62. The standard InChI is InChI=1S/C13H19BrN2O/c1-15-8-10-4-5-13(12(14)7-10)16-6-2-3-11(17)9-16/h4-5,7,11,15,17H,2-3,6,8-9H2,1H3. The Morgan fingerprint density at radius 3 is 3.00 bits per heavy atom. The summed E-state index contributed by atoms with van der Waals surface area (Å²) in [6, 6.07) is 6.42. The number of β-amino-alcohol motifs (C(OH)–C–C–N with tert-alkyl or cyclic N) is 1. The van der Waals surface area contributed by atoms with Crippen LogP contribution in [0.1, 0.15) is 18.4 Å². The van der Waals surface area contributed by atoms with Crippen molar-refractivity contribution in [2.24, 2.45) is 0 Å². The zero-order valence-corrected chi connectivity index (χ0v) is 11.7. The Labute approximate surface area is 111 Å². The van der Waals surface area contributed by atoms with E-state index in [1.54, 1.807) is 0 Å². The lowest BCUT2D eigenvalue weighted by Gasteiger charge is -2.32. The van der Waals surface area contributed by atoms with Crippen molar-refractivity contribution in [3.8, 4) is 0 Å². The van der Waals surface area contributed by atoms with Crippen LogP contribution >= 0.6 is 15.9 Å². The molecular weight excluding hydrogens is 280 g/mol. The van der Waals surface area contributed by atoms with E-state index in [0.29, 0.717) is 0 Å². The molecule has 1 heterocycles. The molecule has 0 amide bonds. The largest absolute Gasteiger partial charge is 0.391 e. The number of benzene rings is 1. The highest BCUT2D eigenvalue weighted by Crippen LogP contribution is 2.29. The van der Waals surface area contributed by atoms with Gasteiger partial charge in [-0.25, -0.2) is 0 Å². The van der Waals surface area contributed by atoms with E-state index < -0.39 is 0 Å². The van der Waals surface area contributed by atoms with Gasteiger partial charge in [0.2, 0.25) is 0 Å². The first-order chi connectivity index (χ1) is 8.20. The van der Waals surface area contributed by atoms with Crippen LogP contribution in [0.2, 0.25) is 0 Å². The molecule has 0 radical (unpaired) electrons. The summed E-state index contributed by atoms with van der Waals surface area (Å²) in [5.41, 5.74) is 2.45. The van der Waals surface area contributed by atoms with E-state index in [2.05, 4.69) is 44.3 Å². The van der Waals surface area contributed by atoms with Gasteiger partial charge in [0.05, 0.1) is 11.8 Å². The number of aliphatic hydroxyl groups is 1. The predicted molar refractivity (Wildman–Crippen MR) is 74.4 cm³/mol. The fourth-order valence-electron chi connectivity index (χ4n) is 2.29. The average Bonchev–Trinajstić information content (AvgIpc) is 2.29. The summed E-state index contributed by atoms with van der Waals surface area (Å²) in [4.78, 5) is 2.25. The van der Waals surface area contributed by atoms with Crippen molar-refractivity contribution in [2.75, 3.05) is 25.0 Å². The van der Waals surface area contributed by atoms with Gasteiger partial charge in [0.15, 0.2) is 0 Å². The summed E-state index contributed by atoms with van der Waals surface area (Å²) in [6.07, 6.45) is 1.80. The van der Waals surface area contributed by atoms with Crippen LogP contribution in [0, 0.1) is 0 Å². The van der Waals surface area contributed by atoms with E-state index in [1.807, 2.05) is 7.05 Å². The fraction of sp³-hybridized carbons (Fsp3) is 0.538. The second-order valence-corrected chi connectivity index (χ2v) is 5.41. The van der Waals surface area contributed by atoms with Crippen molar-refractivity contribution in [1.29, 1.82) is 0 Å². The Bertz CT molecular complexity index is 384. The number of piperidine rings is 1. The summed E-state index contributed by atoms with van der Waals surface area (Å²) in [5, 5.41) is 12.8. The van der Waals surface area contributed by atoms with Crippen LogP contribution in [-0.2, 0) is 6.54 Å². The third-order valence-corrected chi connectivity index (χ3v) is 3.77. The predicted octanol–water partition coefficient (Wildman–Crippen LogP) is 2.13. The van der Waals surface area contributed by atoms with Gasteiger partial charge in [0.1, 0.15) is 0 Å². The van der Waals surface area contributed by atoms with Crippen LogP contribution in [0.5, 0.6) is 0 Å². The minimum absolute atomic E-state index is 0.187. The van der Waals surface area contributed by atoms with Crippen LogP contribution in [-0.4, -0.2) is 31.3 Å². The topological polar surface area (TPSA) is 35.5 Å². The molecule has 1 aliphatic rings. The summed E-state index contributed by atoms with van der Waals surface area (Å²) < 4.78 is 1.11. The molecule has 1 aliphatic heterocycles. The van der Waals surface area contributed by atoms with Gasteiger partial charge in [-0.3, -0.25) is 0 Å². The third kappa shape index (κ3) is 3.21. The molecule has 94 valence electrons. The van der Waals surface area contributed by atoms with E-state index in [0.717, 1.165) is 36.9 Å². The molecule has 4 heteroatoms. The minimum atomic E-state index is -0.187. The highest BCUT2D eigenvalue weighted by molar-refractivity contribution is 9.10. The zero-order valence-electron chi connectivity index (χ0n) is 10.1. The van der Waals surface area contributed by atoms with Crippen molar-refractivity contribution >= 4 is 21.6 Å². The molecule has 3 nitrogen and oxygen atoms in total. The van der Waals surface area contributed by atoms with Crippen LogP contribution in [0.15, 0.2) is 22.7 Å². The Balaban J connectivity index is 2.15. The van der Waals surface area contributed by atoms with E-state index in [-0.39, 0.29) is 6.10 Å². The van der Waals surface area contributed by atoms with Crippen molar-refractivity contribution in [2.45, 2.75) is 25.5 Å². The molecule has 1 aromatic carbocycles. The molecule has 2 N–H and O–H groups in total. The minimum Gasteiger partial charge on any atom is -0.391 e. The Kier molecular flexibility index (Phi) is 4.42. The molecule has 2 rings (SSSR count). The number of anilines is 1. The molecule has 0 aromatic heterocycles. The normalized spacial score (nSPS) is 20.6. The van der Waals surface area contributed by atoms with Crippen molar-refractivity contribution in [3.05, 3.63) is 28.2 Å². The van der Waals surface area contributed by atoms with Gasteiger partial charge < -0.3 is 15.3 Å². The summed E-state index contributed by atoms with van der Waals surface area (Å²) in [6.45, 7) is 2.65. The maximum Gasteiger partial charge on any atom is 0.0715 e. The zero-order chi connectivity index (χ0) is 12.3. The first-order valence-corrected chi connectivity index (χ1v) is 6.86. The van der Waals surface area contributed by atoms with Gasteiger partial charge in [-0.15, -0.1) is 0 Å². The lowest BCUT2D eigenvalue weighted by molar-refractivity contribution is 0.154. The number of nitrogens with one attached hydrogen (secondary N) is 1. The lowest BCUT2D eigenvalue weighted by Crippen LogP contribution is -2.38. The number of hydrogen-bond donors (Lipinski definition) is 2. The van der Waals surface area contributed by atoms with E-state index in [9.17, 15) is 5.11 Å². The second-order valence-electron chi connectivity index (χ2n) is 4.56. The molecule has 1 saturated heterocycles. The van der Waals surface area contributed by atoms with E-state index in [1.165, 1.54) is 11.3 Å². The van der Waals surface area contributed by atoms with Crippen molar-refractivity contribution < 1.29 is 5.11 Å². The third-order valence-electron chi connectivity index (χ3n) is 3.13. The van der Waals surface area contributed by atoms with Crippen LogP contribution in [0.25, 0.3) is 0 Å². The van der Waals surface area contributed by atoms with Gasteiger partial charge in [0, 0.05) is 24.1 Å². The van der Waals surface area contributed by atoms with Crippen molar-refractivity contribution in [3.63, 3.8) is 0 Å². The Morgan fingerprint density at radius 2 is 2.35 bits per heavy atom. The molecule has 1 unspecified atom stereocenters. The SMILES string of the molecule is CNCc1ccc(N2CCCC(O)C2)c(Br)c1. The quantitative estimate of drug-likeness (QED) is 0.897. The lowest BCUT2D eigenvalue weighted by atomic mass is 10.1. The van der Waals surface area contributed by atoms with Crippen LogP contribution < -0.4 is 10.2 Å². The van der Waals surface area contributed by atoms with Gasteiger partial charge in [-0.2, -0.15) is 0 Å². The van der Waals surface area contributed by atoms with Crippen LogP contribution in [0.4, 0.5) is 5.69 Å². The van der Waals surface area contributed by atoms with Crippen LogP contribution in [0.3, 0.4) is 0 Å². The highest BCUT2D eigenvalue weighted by Gasteiger charge is 2.19. The summed E-state index contributed by atoms with van der Waals surface area (Å²) in [7, 11) is 1.95. The molecule has 1 aromatic rings. The monoisotopic (exact) mass is 298 g/mol.